The smallest absolute Gasteiger partial charge is 0.226 e. The first-order valence-corrected chi connectivity index (χ1v) is 6.75. The molecule has 2 aliphatic heterocycles. The highest BCUT2D eigenvalue weighted by Gasteiger charge is 2.34. The minimum atomic E-state index is -0.295. The molecule has 98 valence electrons. The van der Waals surface area contributed by atoms with Gasteiger partial charge in [-0.15, -0.1) is 0 Å². The molecule has 2 aliphatic rings. The Morgan fingerprint density at radius 3 is 2.82 bits per heavy atom. The van der Waals surface area contributed by atoms with Gasteiger partial charge in [-0.3, -0.25) is 4.79 Å². The van der Waals surface area contributed by atoms with Gasteiger partial charge in [0.2, 0.25) is 5.91 Å². The minimum absolute atomic E-state index is 0.145. The lowest BCUT2D eigenvalue weighted by Crippen LogP contribution is -2.44. The van der Waals surface area contributed by atoms with E-state index in [1.165, 1.54) is 0 Å². The largest absolute Gasteiger partial charge is 0.393 e. The summed E-state index contributed by atoms with van der Waals surface area (Å²) in [6, 6.07) is 0. The molecule has 0 bridgehead atoms. The fourth-order valence-corrected chi connectivity index (χ4v) is 2.98. The molecule has 4 nitrogen and oxygen atoms in total. The molecular formula is C13H24N2O2. The quantitative estimate of drug-likeness (QED) is 0.737. The predicted octanol–water partition coefficient (Wildman–Crippen LogP) is 0.461. The zero-order chi connectivity index (χ0) is 12.4. The number of aliphatic hydroxyl groups excluding tert-OH is 1. The van der Waals surface area contributed by atoms with E-state index in [0.29, 0.717) is 5.92 Å². The molecule has 4 unspecified atom stereocenters. The highest BCUT2D eigenvalue weighted by Crippen LogP contribution is 2.24. The van der Waals surface area contributed by atoms with Crippen molar-refractivity contribution in [3.8, 4) is 0 Å². The first-order valence-electron chi connectivity index (χ1n) is 6.75. The van der Waals surface area contributed by atoms with Gasteiger partial charge in [0.1, 0.15) is 0 Å². The van der Waals surface area contributed by atoms with Gasteiger partial charge in [-0.25, -0.2) is 0 Å². The maximum absolute atomic E-state index is 12.3. The summed E-state index contributed by atoms with van der Waals surface area (Å²) in [6.45, 7) is 7.41. The van der Waals surface area contributed by atoms with E-state index in [4.69, 9.17) is 0 Å². The zero-order valence-corrected chi connectivity index (χ0v) is 10.9. The summed E-state index contributed by atoms with van der Waals surface area (Å²) in [5.41, 5.74) is 0. The predicted molar refractivity (Wildman–Crippen MR) is 66.5 cm³/mol. The molecule has 0 spiro atoms. The van der Waals surface area contributed by atoms with Crippen LogP contribution in [0.3, 0.4) is 0 Å². The number of piperidine rings is 1. The number of aliphatic hydroxyl groups is 1. The Morgan fingerprint density at radius 2 is 2.24 bits per heavy atom. The number of likely N-dealkylation sites (tertiary alicyclic amines) is 1. The summed E-state index contributed by atoms with van der Waals surface area (Å²) in [7, 11) is 0. The van der Waals surface area contributed by atoms with Crippen LogP contribution < -0.4 is 5.32 Å². The molecule has 2 heterocycles. The lowest BCUT2D eigenvalue weighted by Gasteiger charge is -2.30. The van der Waals surface area contributed by atoms with Crippen LogP contribution in [0.4, 0.5) is 0 Å². The summed E-state index contributed by atoms with van der Waals surface area (Å²) >= 11 is 0. The van der Waals surface area contributed by atoms with E-state index in [9.17, 15) is 9.90 Å². The average Bonchev–Trinajstić information content (AvgIpc) is 2.77. The lowest BCUT2D eigenvalue weighted by atomic mass is 9.91. The van der Waals surface area contributed by atoms with Crippen molar-refractivity contribution >= 4 is 5.91 Å². The summed E-state index contributed by atoms with van der Waals surface area (Å²) in [5.74, 6) is 1.29. The van der Waals surface area contributed by atoms with Gasteiger partial charge in [0.15, 0.2) is 0 Å². The maximum atomic E-state index is 12.3. The van der Waals surface area contributed by atoms with Crippen LogP contribution in [0, 0.1) is 17.8 Å². The summed E-state index contributed by atoms with van der Waals surface area (Å²) in [4.78, 5) is 14.3. The minimum Gasteiger partial charge on any atom is -0.393 e. The first kappa shape index (κ1) is 12.8. The standard InChI is InChI=1S/C13H24N2O2/c1-9-5-12(7-14-6-9)13(17)15-4-3-11(8-15)10(2)16/h9-12,14,16H,3-8H2,1-2H3. The fraction of sp³-hybridized carbons (Fsp3) is 0.923. The summed E-state index contributed by atoms with van der Waals surface area (Å²) in [6.07, 6.45) is 1.65. The molecule has 0 aliphatic carbocycles. The lowest BCUT2D eigenvalue weighted by molar-refractivity contribution is -0.135. The molecule has 4 atom stereocenters. The number of nitrogens with zero attached hydrogens (tertiary/aromatic N) is 1. The molecule has 2 saturated heterocycles. The zero-order valence-electron chi connectivity index (χ0n) is 10.9. The number of hydrogen-bond acceptors (Lipinski definition) is 3. The Morgan fingerprint density at radius 1 is 1.47 bits per heavy atom. The van der Waals surface area contributed by atoms with Gasteiger partial charge in [-0.05, 0) is 32.2 Å². The number of carbonyl (C=O) groups excluding carboxylic acids is 1. The van der Waals surface area contributed by atoms with Crippen molar-refractivity contribution in [3.63, 3.8) is 0 Å². The third kappa shape index (κ3) is 2.99. The van der Waals surface area contributed by atoms with Crippen LogP contribution in [0.1, 0.15) is 26.7 Å². The van der Waals surface area contributed by atoms with Gasteiger partial charge in [0.05, 0.1) is 12.0 Å². The maximum Gasteiger partial charge on any atom is 0.226 e. The highest BCUT2D eigenvalue weighted by atomic mass is 16.3. The molecule has 1 amide bonds. The Kier molecular flexibility index (Phi) is 4.05. The second-order valence-corrected chi connectivity index (χ2v) is 5.77. The van der Waals surface area contributed by atoms with Crippen LogP contribution in [0.5, 0.6) is 0 Å². The SMILES string of the molecule is CC1CNCC(C(=O)N2CCC(C(C)O)C2)C1. The van der Waals surface area contributed by atoms with Crippen molar-refractivity contribution in [2.75, 3.05) is 26.2 Å². The van der Waals surface area contributed by atoms with E-state index in [1.807, 2.05) is 11.8 Å². The fourth-order valence-electron chi connectivity index (χ4n) is 2.98. The Hall–Kier alpha value is -0.610. The second kappa shape index (κ2) is 5.36. The molecule has 0 radical (unpaired) electrons. The molecule has 0 saturated carbocycles. The van der Waals surface area contributed by atoms with Crippen molar-refractivity contribution < 1.29 is 9.90 Å². The van der Waals surface area contributed by atoms with Crippen LogP contribution >= 0.6 is 0 Å². The number of carbonyl (C=O) groups is 1. The summed E-state index contributed by atoms with van der Waals surface area (Å²) in [5, 5.41) is 12.9. The molecule has 2 N–H and O–H groups in total. The summed E-state index contributed by atoms with van der Waals surface area (Å²) < 4.78 is 0. The van der Waals surface area contributed by atoms with E-state index in [1.54, 1.807) is 0 Å². The topological polar surface area (TPSA) is 52.6 Å². The molecule has 2 fully saturated rings. The van der Waals surface area contributed by atoms with E-state index in [-0.39, 0.29) is 23.8 Å². The van der Waals surface area contributed by atoms with E-state index in [0.717, 1.165) is 39.0 Å². The Balaban J connectivity index is 1.88. The second-order valence-electron chi connectivity index (χ2n) is 5.77. The third-order valence-electron chi connectivity index (χ3n) is 4.14. The van der Waals surface area contributed by atoms with Crippen molar-refractivity contribution in [2.45, 2.75) is 32.8 Å². The van der Waals surface area contributed by atoms with Crippen molar-refractivity contribution in [1.82, 2.24) is 10.2 Å². The van der Waals surface area contributed by atoms with Crippen LogP contribution in [0.2, 0.25) is 0 Å². The number of hydrogen-bond donors (Lipinski definition) is 2. The van der Waals surface area contributed by atoms with Gasteiger partial charge in [-0.2, -0.15) is 0 Å². The van der Waals surface area contributed by atoms with E-state index < -0.39 is 0 Å². The van der Waals surface area contributed by atoms with Crippen LogP contribution in [-0.2, 0) is 4.79 Å². The van der Waals surface area contributed by atoms with Crippen LogP contribution in [-0.4, -0.2) is 48.2 Å². The van der Waals surface area contributed by atoms with Gasteiger partial charge in [0.25, 0.3) is 0 Å². The van der Waals surface area contributed by atoms with Crippen molar-refractivity contribution in [3.05, 3.63) is 0 Å². The van der Waals surface area contributed by atoms with Gasteiger partial charge in [-0.1, -0.05) is 6.92 Å². The normalized spacial score (nSPS) is 35.9. The number of rotatable bonds is 2. The van der Waals surface area contributed by atoms with Crippen LogP contribution in [0.25, 0.3) is 0 Å². The van der Waals surface area contributed by atoms with Crippen molar-refractivity contribution in [2.24, 2.45) is 17.8 Å². The number of amides is 1. The van der Waals surface area contributed by atoms with Crippen LogP contribution in [0.15, 0.2) is 0 Å². The molecule has 0 aromatic rings. The molecule has 4 heteroatoms. The molecule has 0 aromatic carbocycles. The average molecular weight is 240 g/mol. The van der Waals surface area contributed by atoms with Gasteiger partial charge in [0, 0.05) is 25.6 Å². The highest BCUT2D eigenvalue weighted by molar-refractivity contribution is 5.79. The molecule has 17 heavy (non-hydrogen) atoms. The van der Waals surface area contributed by atoms with Crippen molar-refractivity contribution in [1.29, 1.82) is 0 Å². The first-order chi connectivity index (χ1) is 8.08. The van der Waals surface area contributed by atoms with E-state index >= 15 is 0 Å². The number of nitrogens with one attached hydrogen (secondary N) is 1. The monoisotopic (exact) mass is 240 g/mol. The van der Waals surface area contributed by atoms with E-state index in [2.05, 4.69) is 12.2 Å². The molecular weight excluding hydrogens is 216 g/mol. The molecule has 0 aromatic heterocycles. The third-order valence-corrected chi connectivity index (χ3v) is 4.14. The Labute approximate surface area is 103 Å². The molecule has 2 rings (SSSR count). The Bertz CT molecular complexity index is 281. The van der Waals surface area contributed by atoms with Gasteiger partial charge >= 0.3 is 0 Å². The van der Waals surface area contributed by atoms with Gasteiger partial charge < -0.3 is 15.3 Å².